The fourth-order valence-corrected chi connectivity index (χ4v) is 3.80. The van der Waals surface area contributed by atoms with Gasteiger partial charge in [0.2, 0.25) is 5.91 Å². The minimum absolute atomic E-state index is 0.0558. The number of likely N-dealkylation sites (N-methyl/N-ethyl adjacent to an activating group) is 1. The van der Waals surface area contributed by atoms with Crippen molar-refractivity contribution in [1.29, 1.82) is 0 Å². The number of guanidine groups is 1. The molecule has 1 saturated carbocycles. The first-order valence-corrected chi connectivity index (χ1v) is 9.28. The van der Waals surface area contributed by atoms with Crippen molar-refractivity contribution in [1.82, 2.24) is 20.0 Å². The summed E-state index contributed by atoms with van der Waals surface area (Å²) in [6.07, 6.45) is 10.7. The molecule has 6 heteroatoms. The molecular formula is C18H31N5O. The predicted octanol–water partition coefficient (Wildman–Crippen LogP) is 0.909. The van der Waals surface area contributed by atoms with E-state index in [9.17, 15) is 4.79 Å². The Balaban J connectivity index is 1.62. The van der Waals surface area contributed by atoms with Gasteiger partial charge in [0.1, 0.15) is 6.54 Å². The highest BCUT2D eigenvalue weighted by molar-refractivity contribution is 5.85. The number of hydrogen-bond acceptors (Lipinski definition) is 3. The molecule has 1 saturated heterocycles. The molecule has 0 radical (unpaired) electrons. The van der Waals surface area contributed by atoms with Gasteiger partial charge in [-0.15, -0.1) is 0 Å². The molecule has 24 heavy (non-hydrogen) atoms. The van der Waals surface area contributed by atoms with Crippen LogP contribution in [0.15, 0.2) is 17.1 Å². The van der Waals surface area contributed by atoms with E-state index < -0.39 is 0 Å². The molecule has 1 aliphatic carbocycles. The van der Waals surface area contributed by atoms with E-state index in [1.165, 1.54) is 32.1 Å². The molecular weight excluding hydrogens is 302 g/mol. The van der Waals surface area contributed by atoms with E-state index in [1.54, 1.807) is 19.0 Å². The number of aliphatic imine (C=N–C) groups is 1. The van der Waals surface area contributed by atoms with E-state index in [2.05, 4.69) is 32.3 Å². The SMILES string of the molecule is CN(C)C(=O)CN=C(NC1CCCC1)N1CCC(N2CC=CC2)C1. The van der Waals surface area contributed by atoms with Crippen LogP contribution in [0, 0.1) is 0 Å². The lowest BCUT2D eigenvalue weighted by Gasteiger charge is -2.27. The number of nitrogens with one attached hydrogen (secondary N) is 1. The molecule has 1 atom stereocenters. The Morgan fingerprint density at radius 1 is 1.21 bits per heavy atom. The molecule has 1 N–H and O–H groups in total. The first-order chi connectivity index (χ1) is 11.6. The van der Waals surface area contributed by atoms with Crippen molar-refractivity contribution in [3.63, 3.8) is 0 Å². The first kappa shape index (κ1) is 17.3. The molecule has 6 nitrogen and oxygen atoms in total. The van der Waals surface area contributed by atoms with Crippen LogP contribution in [-0.4, -0.2) is 85.5 Å². The van der Waals surface area contributed by atoms with Crippen LogP contribution < -0.4 is 5.32 Å². The van der Waals surface area contributed by atoms with Gasteiger partial charge in [-0.25, -0.2) is 4.99 Å². The number of hydrogen-bond donors (Lipinski definition) is 1. The van der Waals surface area contributed by atoms with E-state index >= 15 is 0 Å². The normalized spacial score (nSPS) is 25.7. The zero-order valence-electron chi connectivity index (χ0n) is 15.1. The summed E-state index contributed by atoms with van der Waals surface area (Å²) in [5.74, 6) is 0.993. The van der Waals surface area contributed by atoms with Gasteiger partial charge in [-0.05, 0) is 19.3 Å². The minimum atomic E-state index is 0.0558. The molecule has 0 aromatic carbocycles. The topological polar surface area (TPSA) is 51.2 Å². The fourth-order valence-electron chi connectivity index (χ4n) is 3.80. The smallest absolute Gasteiger partial charge is 0.243 e. The minimum Gasteiger partial charge on any atom is -0.353 e. The van der Waals surface area contributed by atoms with Crippen LogP contribution in [0.1, 0.15) is 32.1 Å². The van der Waals surface area contributed by atoms with Gasteiger partial charge in [-0.2, -0.15) is 0 Å². The van der Waals surface area contributed by atoms with E-state index in [1.807, 2.05) is 0 Å². The molecule has 3 rings (SSSR count). The summed E-state index contributed by atoms with van der Waals surface area (Å²) in [7, 11) is 3.57. The van der Waals surface area contributed by atoms with Crippen LogP contribution in [0.4, 0.5) is 0 Å². The van der Waals surface area contributed by atoms with E-state index in [4.69, 9.17) is 0 Å². The van der Waals surface area contributed by atoms with Gasteiger partial charge in [0, 0.05) is 52.4 Å². The molecule has 1 amide bonds. The second-order valence-electron chi connectivity index (χ2n) is 7.37. The van der Waals surface area contributed by atoms with E-state index in [0.29, 0.717) is 12.1 Å². The molecule has 3 aliphatic rings. The molecule has 2 fully saturated rings. The summed E-state index contributed by atoms with van der Waals surface area (Å²) >= 11 is 0. The van der Waals surface area contributed by atoms with Gasteiger partial charge in [0.15, 0.2) is 5.96 Å². The molecule has 2 aliphatic heterocycles. The molecule has 2 heterocycles. The lowest BCUT2D eigenvalue weighted by atomic mass is 10.2. The summed E-state index contributed by atoms with van der Waals surface area (Å²) in [5.41, 5.74) is 0. The quantitative estimate of drug-likeness (QED) is 0.472. The Labute approximate surface area is 145 Å². The Morgan fingerprint density at radius 2 is 1.92 bits per heavy atom. The van der Waals surface area contributed by atoms with Gasteiger partial charge >= 0.3 is 0 Å². The van der Waals surface area contributed by atoms with Crippen molar-refractivity contribution >= 4 is 11.9 Å². The van der Waals surface area contributed by atoms with E-state index in [-0.39, 0.29) is 12.5 Å². The van der Waals surface area contributed by atoms with Crippen molar-refractivity contribution < 1.29 is 4.79 Å². The third kappa shape index (κ3) is 4.29. The zero-order chi connectivity index (χ0) is 16.9. The monoisotopic (exact) mass is 333 g/mol. The highest BCUT2D eigenvalue weighted by Crippen LogP contribution is 2.21. The predicted molar refractivity (Wildman–Crippen MR) is 97.1 cm³/mol. The maximum atomic E-state index is 11.9. The molecule has 0 spiro atoms. The van der Waals surface area contributed by atoms with Gasteiger partial charge in [0.05, 0.1) is 0 Å². The zero-order valence-corrected chi connectivity index (χ0v) is 15.1. The number of carbonyl (C=O) groups excluding carboxylic acids is 1. The number of amides is 1. The molecule has 1 unspecified atom stereocenters. The molecule has 0 aromatic rings. The van der Waals surface area contributed by atoms with Gasteiger partial charge in [0.25, 0.3) is 0 Å². The summed E-state index contributed by atoms with van der Waals surface area (Å²) in [5, 5.41) is 3.63. The average Bonchev–Trinajstić information content (AvgIpc) is 3.32. The summed E-state index contributed by atoms with van der Waals surface area (Å²) < 4.78 is 0. The standard InChI is InChI=1S/C18H31N5O/c1-21(2)17(24)13-19-18(20-15-7-3-4-8-15)23-12-9-16(14-23)22-10-5-6-11-22/h5-6,15-16H,3-4,7-14H2,1-2H3,(H,19,20). The number of carbonyl (C=O) groups is 1. The van der Waals surface area contributed by atoms with Crippen molar-refractivity contribution in [2.45, 2.75) is 44.2 Å². The van der Waals surface area contributed by atoms with Crippen LogP contribution in [0.25, 0.3) is 0 Å². The van der Waals surface area contributed by atoms with Crippen LogP contribution >= 0.6 is 0 Å². The maximum Gasteiger partial charge on any atom is 0.243 e. The number of nitrogens with zero attached hydrogens (tertiary/aromatic N) is 4. The largest absolute Gasteiger partial charge is 0.353 e. The lowest BCUT2D eigenvalue weighted by molar-refractivity contribution is -0.127. The Hall–Kier alpha value is -1.56. The van der Waals surface area contributed by atoms with Crippen LogP contribution in [0.2, 0.25) is 0 Å². The summed E-state index contributed by atoms with van der Waals surface area (Å²) in [6, 6.07) is 1.12. The van der Waals surface area contributed by atoms with Crippen molar-refractivity contribution in [3.8, 4) is 0 Å². The van der Waals surface area contributed by atoms with Crippen LogP contribution in [0.5, 0.6) is 0 Å². The third-order valence-corrected chi connectivity index (χ3v) is 5.38. The molecule has 0 bridgehead atoms. The molecule has 0 aromatic heterocycles. The lowest BCUT2D eigenvalue weighted by Crippen LogP contribution is -2.46. The highest BCUT2D eigenvalue weighted by Gasteiger charge is 2.30. The van der Waals surface area contributed by atoms with Crippen molar-refractivity contribution in [3.05, 3.63) is 12.2 Å². The average molecular weight is 333 g/mol. The molecule has 134 valence electrons. The van der Waals surface area contributed by atoms with Crippen LogP contribution in [-0.2, 0) is 4.79 Å². The van der Waals surface area contributed by atoms with Crippen molar-refractivity contribution in [2.75, 3.05) is 46.8 Å². The second kappa shape index (κ2) is 8.01. The Morgan fingerprint density at radius 3 is 2.58 bits per heavy atom. The van der Waals surface area contributed by atoms with Gasteiger partial charge in [-0.1, -0.05) is 25.0 Å². The summed E-state index contributed by atoms with van der Waals surface area (Å²) in [4.78, 5) is 23.1. The Kier molecular flexibility index (Phi) is 5.76. The van der Waals surface area contributed by atoms with Gasteiger partial charge < -0.3 is 15.1 Å². The second-order valence-corrected chi connectivity index (χ2v) is 7.37. The first-order valence-electron chi connectivity index (χ1n) is 9.28. The fraction of sp³-hybridized carbons (Fsp3) is 0.778. The van der Waals surface area contributed by atoms with Gasteiger partial charge in [-0.3, -0.25) is 9.69 Å². The Bertz CT molecular complexity index is 488. The van der Waals surface area contributed by atoms with E-state index in [0.717, 1.165) is 32.1 Å². The maximum absolute atomic E-state index is 11.9. The highest BCUT2D eigenvalue weighted by atomic mass is 16.2. The number of rotatable bonds is 4. The third-order valence-electron chi connectivity index (χ3n) is 5.38. The number of likely N-dealkylation sites (tertiary alicyclic amines) is 1. The van der Waals surface area contributed by atoms with Crippen molar-refractivity contribution in [2.24, 2.45) is 4.99 Å². The summed E-state index contributed by atoms with van der Waals surface area (Å²) in [6.45, 7) is 4.40. The van der Waals surface area contributed by atoms with Crippen LogP contribution in [0.3, 0.4) is 0 Å².